The monoisotopic (exact) mass is 329 g/mol. The molecule has 0 spiro atoms. The molecule has 1 rings (SSSR count). The van der Waals surface area contributed by atoms with Crippen molar-refractivity contribution >= 4 is 28.6 Å². The Balaban J connectivity index is 3.15. The molecule has 0 bridgehead atoms. The van der Waals surface area contributed by atoms with Gasteiger partial charge in [0.1, 0.15) is 6.07 Å². The Kier molecular flexibility index (Phi) is 4.74. The van der Waals surface area contributed by atoms with Gasteiger partial charge in [-0.05, 0) is 40.1 Å². The molecule has 16 heavy (non-hydrogen) atoms. The Morgan fingerprint density at radius 1 is 1.50 bits per heavy atom. The third-order valence-corrected chi connectivity index (χ3v) is 3.60. The summed E-state index contributed by atoms with van der Waals surface area (Å²) in [4.78, 5) is 11.2. The number of benzene rings is 1. The SMILES string of the molecule is CCc1ccc(CC(=O)OC)c(I)c1C#N. The molecule has 1 aromatic carbocycles. The number of hydrogen-bond acceptors (Lipinski definition) is 3. The van der Waals surface area contributed by atoms with Crippen LogP contribution in [0.3, 0.4) is 0 Å². The Morgan fingerprint density at radius 2 is 2.12 bits per heavy atom. The highest BCUT2D eigenvalue weighted by atomic mass is 127. The summed E-state index contributed by atoms with van der Waals surface area (Å²) in [5.41, 5.74) is 2.53. The summed E-state index contributed by atoms with van der Waals surface area (Å²) in [6, 6.07) is 5.98. The second kappa shape index (κ2) is 5.85. The topological polar surface area (TPSA) is 50.1 Å². The summed E-state index contributed by atoms with van der Waals surface area (Å²) in [6.45, 7) is 2.01. The molecular weight excluding hydrogens is 317 g/mol. The molecule has 0 unspecified atom stereocenters. The highest BCUT2D eigenvalue weighted by Gasteiger charge is 2.12. The van der Waals surface area contributed by atoms with Gasteiger partial charge in [-0.1, -0.05) is 19.1 Å². The van der Waals surface area contributed by atoms with E-state index >= 15 is 0 Å². The second-order valence-electron chi connectivity index (χ2n) is 3.29. The Labute approximate surface area is 109 Å². The standard InChI is InChI=1S/C12H12INO2/c1-3-8-4-5-9(6-11(15)16-2)12(13)10(8)7-14/h4-5H,3,6H2,1-2H3. The molecule has 0 aliphatic carbocycles. The lowest BCUT2D eigenvalue weighted by Crippen LogP contribution is -2.07. The zero-order valence-electron chi connectivity index (χ0n) is 9.21. The van der Waals surface area contributed by atoms with Gasteiger partial charge in [-0.15, -0.1) is 0 Å². The number of nitrogens with zero attached hydrogens (tertiary/aromatic N) is 1. The quantitative estimate of drug-likeness (QED) is 0.632. The number of hydrogen-bond donors (Lipinski definition) is 0. The average Bonchev–Trinajstić information content (AvgIpc) is 2.31. The fourth-order valence-electron chi connectivity index (χ4n) is 1.44. The lowest BCUT2D eigenvalue weighted by atomic mass is 10.0. The number of aryl methyl sites for hydroxylation is 1. The number of esters is 1. The van der Waals surface area contributed by atoms with Crippen LogP contribution < -0.4 is 0 Å². The molecule has 0 N–H and O–H groups in total. The summed E-state index contributed by atoms with van der Waals surface area (Å²) < 4.78 is 5.47. The number of carbonyl (C=O) groups is 1. The van der Waals surface area contributed by atoms with E-state index < -0.39 is 0 Å². The molecular formula is C12H12INO2. The molecule has 4 heteroatoms. The summed E-state index contributed by atoms with van der Waals surface area (Å²) in [5.74, 6) is -0.286. The molecule has 0 fully saturated rings. The van der Waals surface area contributed by atoms with E-state index in [-0.39, 0.29) is 12.4 Å². The van der Waals surface area contributed by atoms with E-state index in [1.807, 2.05) is 19.1 Å². The van der Waals surface area contributed by atoms with Gasteiger partial charge in [-0.25, -0.2) is 0 Å². The van der Waals surface area contributed by atoms with Crippen molar-refractivity contribution in [3.8, 4) is 6.07 Å². The summed E-state index contributed by atoms with van der Waals surface area (Å²) >= 11 is 2.11. The van der Waals surface area contributed by atoms with Gasteiger partial charge in [-0.2, -0.15) is 5.26 Å². The maximum Gasteiger partial charge on any atom is 0.310 e. The number of ether oxygens (including phenoxy) is 1. The molecule has 0 heterocycles. The van der Waals surface area contributed by atoms with Gasteiger partial charge >= 0.3 is 5.97 Å². The van der Waals surface area contributed by atoms with Crippen LogP contribution in [-0.4, -0.2) is 13.1 Å². The first-order valence-electron chi connectivity index (χ1n) is 4.91. The van der Waals surface area contributed by atoms with Gasteiger partial charge in [0.25, 0.3) is 0 Å². The smallest absolute Gasteiger partial charge is 0.310 e. The lowest BCUT2D eigenvalue weighted by Gasteiger charge is -2.08. The molecule has 0 aliphatic heterocycles. The number of nitriles is 1. The van der Waals surface area contributed by atoms with E-state index in [2.05, 4.69) is 33.4 Å². The van der Waals surface area contributed by atoms with Crippen molar-refractivity contribution in [3.63, 3.8) is 0 Å². The first-order valence-corrected chi connectivity index (χ1v) is 5.99. The van der Waals surface area contributed by atoms with E-state index in [0.29, 0.717) is 5.56 Å². The van der Waals surface area contributed by atoms with Crippen molar-refractivity contribution in [1.29, 1.82) is 5.26 Å². The highest BCUT2D eigenvalue weighted by molar-refractivity contribution is 14.1. The minimum atomic E-state index is -0.286. The zero-order chi connectivity index (χ0) is 12.1. The predicted molar refractivity (Wildman–Crippen MR) is 69.0 cm³/mol. The van der Waals surface area contributed by atoms with Crippen molar-refractivity contribution in [1.82, 2.24) is 0 Å². The molecule has 0 aliphatic rings. The van der Waals surface area contributed by atoms with Crippen molar-refractivity contribution in [3.05, 3.63) is 32.4 Å². The van der Waals surface area contributed by atoms with Crippen molar-refractivity contribution in [2.24, 2.45) is 0 Å². The Bertz CT molecular complexity index is 449. The maximum absolute atomic E-state index is 11.2. The summed E-state index contributed by atoms with van der Waals surface area (Å²) in [7, 11) is 1.36. The first-order chi connectivity index (χ1) is 7.63. The minimum Gasteiger partial charge on any atom is -0.469 e. The molecule has 0 saturated carbocycles. The van der Waals surface area contributed by atoms with Crippen LogP contribution in [0, 0.1) is 14.9 Å². The van der Waals surface area contributed by atoms with E-state index in [1.165, 1.54) is 7.11 Å². The largest absolute Gasteiger partial charge is 0.469 e. The lowest BCUT2D eigenvalue weighted by molar-refractivity contribution is -0.139. The molecule has 1 aromatic rings. The molecule has 0 atom stereocenters. The van der Waals surface area contributed by atoms with Crippen molar-refractivity contribution < 1.29 is 9.53 Å². The van der Waals surface area contributed by atoms with E-state index in [4.69, 9.17) is 5.26 Å². The fourth-order valence-corrected chi connectivity index (χ4v) is 2.28. The van der Waals surface area contributed by atoms with Gasteiger partial charge in [-0.3, -0.25) is 4.79 Å². The Morgan fingerprint density at radius 3 is 2.62 bits per heavy atom. The van der Waals surface area contributed by atoms with E-state index in [1.54, 1.807) is 0 Å². The van der Waals surface area contributed by atoms with Crippen LogP contribution in [0.4, 0.5) is 0 Å². The second-order valence-corrected chi connectivity index (χ2v) is 4.37. The van der Waals surface area contributed by atoms with Gasteiger partial charge in [0.05, 0.1) is 19.1 Å². The predicted octanol–water partition coefficient (Wildman–Crippen LogP) is 2.44. The number of carbonyl (C=O) groups excluding carboxylic acids is 1. The molecule has 0 saturated heterocycles. The van der Waals surface area contributed by atoms with Crippen LogP contribution in [0.25, 0.3) is 0 Å². The normalized spacial score (nSPS) is 9.62. The molecule has 84 valence electrons. The molecule has 0 aromatic heterocycles. The highest BCUT2D eigenvalue weighted by Crippen LogP contribution is 2.22. The average molecular weight is 329 g/mol. The van der Waals surface area contributed by atoms with E-state index in [0.717, 1.165) is 21.1 Å². The third-order valence-electron chi connectivity index (χ3n) is 2.36. The van der Waals surface area contributed by atoms with Crippen LogP contribution in [0.15, 0.2) is 12.1 Å². The molecule has 0 amide bonds. The Hall–Kier alpha value is -1.09. The van der Waals surface area contributed by atoms with Gasteiger partial charge < -0.3 is 4.74 Å². The van der Waals surface area contributed by atoms with E-state index in [9.17, 15) is 4.79 Å². The van der Waals surface area contributed by atoms with Crippen LogP contribution in [0.5, 0.6) is 0 Å². The van der Waals surface area contributed by atoms with Gasteiger partial charge in [0.2, 0.25) is 0 Å². The first kappa shape index (κ1) is 13.0. The minimum absolute atomic E-state index is 0.216. The number of rotatable bonds is 3. The number of methoxy groups -OCH3 is 1. The molecule has 0 radical (unpaired) electrons. The van der Waals surface area contributed by atoms with Gasteiger partial charge in [0, 0.05) is 3.57 Å². The summed E-state index contributed by atoms with van der Waals surface area (Å²) in [6.07, 6.45) is 1.03. The van der Waals surface area contributed by atoms with Crippen LogP contribution in [0.1, 0.15) is 23.6 Å². The number of halogens is 1. The van der Waals surface area contributed by atoms with Crippen LogP contribution in [0.2, 0.25) is 0 Å². The fraction of sp³-hybridized carbons (Fsp3) is 0.333. The third kappa shape index (κ3) is 2.73. The van der Waals surface area contributed by atoms with Gasteiger partial charge in [0.15, 0.2) is 0 Å². The van der Waals surface area contributed by atoms with Crippen LogP contribution >= 0.6 is 22.6 Å². The van der Waals surface area contributed by atoms with Crippen molar-refractivity contribution in [2.45, 2.75) is 19.8 Å². The summed E-state index contributed by atoms with van der Waals surface area (Å²) in [5, 5.41) is 9.08. The van der Waals surface area contributed by atoms with Crippen LogP contribution in [-0.2, 0) is 22.4 Å². The zero-order valence-corrected chi connectivity index (χ0v) is 11.4. The maximum atomic E-state index is 11.2. The van der Waals surface area contributed by atoms with Crippen molar-refractivity contribution in [2.75, 3.05) is 7.11 Å². The molecule has 3 nitrogen and oxygen atoms in total.